The molecule has 1 aromatic carbocycles. The molecule has 0 amide bonds. The summed E-state index contributed by atoms with van der Waals surface area (Å²) in [6, 6.07) is 7.52. The summed E-state index contributed by atoms with van der Waals surface area (Å²) in [7, 11) is 0. The van der Waals surface area contributed by atoms with Crippen molar-refractivity contribution in [2.45, 2.75) is 6.92 Å². The van der Waals surface area contributed by atoms with Gasteiger partial charge in [0.1, 0.15) is 0 Å². The van der Waals surface area contributed by atoms with Crippen LogP contribution in [-0.4, -0.2) is 15.0 Å². The minimum atomic E-state index is 0.727. The fraction of sp³-hybridized carbons (Fsp3) is 0.111. The molecule has 13 heavy (non-hydrogen) atoms. The van der Waals surface area contributed by atoms with Gasteiger partial charge < -0.3 is 5.73 Å². The van der Waals surface area contributed by atoms with E-state index < -0.39 is 0 Å². The molecule has 1 heterocycles. The first kappa shape index (κ1) is 7.79. The Morgan fingerprint density at radius 2 is 2.23 bits per heavy atom. The number of aromatic nitrogens is 3. The van der Waals surface area contributed by atoms with Gasteiger partial charge in [0.15, 0.2) is 0 Å². The summed E-state index contributed by atoms with van der Waals surface area (Å²) in [6.45, 7) is 1.90. The molecule has 4 heteroatoms. The molecule has 0 atom stereocenters. The molecule has 0 bridgehead atoms. The average molecular weight is 174 g/mol. The number of aryl methyl sites for hydroxylation is 1. The van der Waals surface area contributed by atoms with E-state index in [1.165, 1.54) is 0 Å². The fourth-order valence-corrected chi connectivity index (χ4v) is 1.14. The van der Waals surface area contributed by atoms with Crippen LogP contribution in [0, 0.1) is 6.92 Å². The Morgan fingerprint density at radius 1 is 1.38 bits per heavy atom. The third-order valence-electron chi connectivity index (χ3n) is 1.74. The van der Waals surface area contributed by atoms with E-state index in [2.05, 4.69) is 10.3 Å². The molecular weight excluding hydrogens is 164 g/mol. The summed E-state index contributed by atoms with van der Waals surface area (Å²) in [6.07, 6.45) is 1.86. The van der Waals surface area contributed by atoms with Crippen molar-refractivity contribution in [1.82, 2.24) is 15.0 Å². The summed E-state index contributed by atoms with van der Waals surface area (Å²) in [5.74, 6) is 0. The summed E-state index contributed by atoms with van der Waals surface area (Å²) in [5, 5.41) is 7.83. The van der Waals surface area contributed by atoms with E-state index in [0.29, 0.717) is 0 Å². The largest absolute Gasteiger partial charge is 0.399 e. The Hall–Kier alpha value is -1.84. The Morgan fingerprint density at radius 3 is 2.85 bits per heavy atom. The Kier molecular flexibility index (Phi) is 1.73. The van der Waals surface area contributed by atoms with E-state index in [0.717, 1.165) is 17.1 Å². The molecular formula is C9H10N4. The first-order valence-corrected chi connectivity index (χ1v) is 4.00. The lowest BCUT2D eigenvalue weighted by Crippen LogP contribution is -1.95. The second kappa shape index (κ2) is 2.90. The second-order valence-electron chi connectivity index (χ2n) is 2.90. The van der Waals surface area contributed by atoms with Crippen molar-refractivity contribution in [2.24, 2.45) is 0 Å². The highest BCUT2D eigenvalue weighted by Gasteiger charge is 1.98. The van der Waals surface area contributed by atoms with Crippen LogP contribution < -0.4 is 5.73 Å². The third kappa shape index (κ3) is 1.51. The predicted molar refractivity (Wildman–Crippen MR) is 50.5 cm³/mol. The van der Waals surface area contributed by atoms with Gasteiger partial charge in [-0.3, -0.25) is 0 Å². The fourth-order valence-electron chi connectivity index (χ4n) is 1.14. The minimum absolute atomic E-state index is 0.727. The molecule has 0 aliphatic rings. The minimum Gasteiger partial charge on any atom is -0.399 e. The van der Waals surface area contributed by atoms with Gasteiger partial charge in [0.05, 0.1) is 17.6 Å². The number of benzene rings is 1. The van der Waals surface area contributed by atoms with E-state index in [1.54, 1.807) is 4.68 Å². The molecule has 0 spiro atoms. The topological polar surface area (TPSA) is 56.7 Å². The molecule has 0 fully saturated rings. The maximum Gasteiger partial charge on any atom is 0.0800 e. The standard InChI is InChI=1S/C9H10N4/c1-7-6-13(12-11-7)9-4-2-3-8(10)5-9/h2-6H,10H2,1H3. The Bertz CT molecular complexity index is 419. The van der Waals surface area contributed by atoms with Gasteiger partial charge in [0.25, 0.3) is 0 Å². The van der Waals surface area contributed by atoms with E-state index >= 15 is 0 Å². The van der Waals surface area contributed by atoms with Crippen LogP contribution in [0.4, 0.5) is 5.69 Å². The molecule has 0 aliphatic heterocycles. The molecule has 0 radical (unpaired) electrons. The number of hydrogen-bond donors (Lipinski definition) is 1. The van der Waals surface area contributed by atoms with Crippen LogP contribution >= 0.6 is 0 Å². The van der Waals surface area contributed by atoms with Gasteiger partial charge in [0.2, 0.25) is 0 Å². The van der Waals surface area contributed by atoms with Crippen molar-refractivity contribution in [3.8, 4) is 5.69 Å². The summed E-state index contributed by atoms with van der Waals surface area (Å²) < 4.78 is 1.70. The smallest absolute Gasteiger partial charge is 0.0800 e. The highest BCUT2D eigenvalue weighted by atomic mass is 15.4. The van der Waals surface area contributed by atoms with E-state index in [-0.39, 0.29) is 0 Å². The van der Waals surface area contributed by atoms with Crippen LogP contribution in [0.25, 0.3) is 5.69 Å². The molecule has 2 aromatic rings. The van der Waals surface area contributed by atoms with E-state index in [9.17, 15) is 0 Å². The Balaban J connectivity index is 2.46. The van der Waals surface area contributed by atoms with Crippen molar-refractivity contribution in [3.05, 3.63) is 36.2 Å². The highest BCUT2D eigenvalue weighted by Crippen LogP contribution is 2.10. The monoisotopic (exact) mass is 174 g/mol. The van der Waals surface area contributed by atoms with Crippen LogP contribution in [-0.2, 0) is 0 Å². The molecule has 0 saturated heterocycles. The molecule has 0 unspecified atom stereocenters. The van der Waals surface area contributed by atoms with Gasteiger partial charge >= 0.3 is 0 Å². The number of nitrogens with two attached hydrogens (primary N) is 1. The van der Waals surface area contributed by atoms with Gasteiger partial charge in [0, 0.05) is 5.69 Å². The van der Waals surface area contributed by atoms with Crippen LogP contribution in [0.15, 0.2) is 30.5 Å². The summed E-state index contributed by atoms with van der Waals surface area (Å²) in [4.78, 5) is 0. The van der Waals surface area contributed by atoms with Gasteiger partial charge in [-0.25, -0.2) is 4.68 Å². The maximum atomic E-state index is 5.64. The number of nitrogens with zero attached hydrogens (tertiary/aromatic N) is 3. The summed E-state index contributed by atoms with van der Waals surface area (Å²) >= 11 is 0. The zero-order chi connectivity index (χ0) is 9.26. The van der Waals surface area contributed by atoms with Gasteiger partial charge in [-0.05, 0) is 25.1 Å². The SMILES string of the molecule is Cc1cn(-c2cccc(N)c2)nn1. The Labute approximate surface area is 76.0 Å². The number of anilines is 1. The van der Waals surface area contributed by atoms with Crippen LogP contribution in [0.2, 0.25) is 0 Å². The lowest BCUT2D eigenvalue weighted by molar-refractivity contribution is 0.801. The van der Waals surface area contributed by atoms with Gasteiger partial charge in [-0.15, -0.1) is 5.10 Å². The van der Waals surface area contributed by atoms with Gasteiger partial charge in [-0.2, -0.15) is 0 Å². The summed E-state index contributed by atoms with van der Waals surface area (Å²) in [5.41, 5.74) is 8.19. The first-order chi connectivity index (χ1) is 6.25. The first-order valence-electron chi connectivity index (χ1n) is 4.00. The third-order valence-corrected chi connectivity index (χ3v) is 1.74. The molecule has 4 nitrogen and oxygen atoms in total. The lowest BCUT2D eigenvalue weighted by Gasteiger charge is -1.99. The molecule has 0 saturated carbocycles. The van der Waals surface area contributed by atoms with Crippen molar-refractivity contribution >= 4 is 5.69 Å². The zero-order valence-electron chi connectivity index (χ0n) is 7.31. The average Bonchev–Trinajstić information content (AvgIpc) is 2.52. The molecule has 2 rings (SSSR count). The number of hydrogen-bond acceptors (Lipinski definition) is 3. The molecule has 1 aromatic heterocycles. The lowest BCUT2D eigenvalue weighted by atomic mass is 10.3. The van der Waals surface area contributed by atoms with Crippen molar-refractivity contribution < 1.29 is 0 Å². The molecule has 66 valence electrons. The maximum absolute atomic E-state index is 5.64. The van der Waals surface area contributed by atoms with Crippen molar-refractivity contribution in [2.75, 3.05) is 5.73 Å². The van der Waals surface area contributed by atoms with Crippen LogP contribution in [0.1, 0.15) is 5.69 Å². The van der Waals surface area contributed by atoms with Crippen molar-refractivity contribution in [3.63, 3.8) is 0 Å². The van der Waals surface area contributed by atoms with E-state index in [1.807, 2.05) is 37.4 Å². The predicted octanol–water partition coefficient (Wildman–Crippen LogP) is 1.16. The number of nitrogen functional groups attached to an aromatic ring is 1. The molecule has 2 N–H and O–H groups in total. The molecule has 0 aliphatic carbocycles. The highest BCUT2D eigenvalue weighted by molar-refractivity contribution is 5.46. The normalized spacial score (nSPS) is 10.2. The van der Waals surface area contributed by atoms with Crippen LogP contribution in [0.5, 0.6) is 0 Å². The zero-order valence-corrected chi connectivity index (χ0v) is 7.31. The van der Waals surface area contributed by atoms with Crippen LogP contribution in [0.3, 0.4) is 0 Å². The van der Waals surface area contributed by atoms with Crippen molar-refractivity contribution in [1.29, 1.82) is 0 Å². The van der Waals surface area contributed by atoms with Gasteiger partial charge in [-0.1, -0.05) is 11.3 Å². The quantitative estimate of drug-likeness (QED) is 0.660. The second-order valence-corrected chi connectivity index (χ2v) is 2.90. The van der Waals surface area contributed by atoms with E-state index in [4.69, 9.17) is 5.73 Å². The number of rotatable bonds is 1.